The summed E-state index contributed by atoms with van der Waals surface area (Å²) in [6, 6.07) is 18.4. The van der Waals surface area contributed by atoms with Crippen molar-refractivity contribution in [3.05, 3.63) is 71.8 Å². The Balaban J connectivity index is 2.41. The molecule has 25 heavy (non-hydrogen) atoms. The van der Waals surface area contributed by atoms with Crippen molar-refractivity contribution >= 4 is 11.8 Å². The normalized spacial score (nSPS) is 13.0. The maximum absolute atomic E-state index is 12.7. The molecule has 2 rings (SSSR count). The number of hydrogen-bond donors (Lipinski definition) is 0. The molecule has 0 spiro atoms. The lowest BCUT2D eigenvalue weighted by Gasteiger charge is -2.28. The van der Waals surface area contributed by atoms with Crippen LogP contribution < -0.4 is 0 Å². The van der Waals surface area contributed by atoms with E-state index in [-0.39, 0.29) is 11.8 Å². The molecule has 0 aromatic heterocycles. The Labute approximate surface area is 148 Å². The van der Waals surface area contributed by atoms with Gasteiger partial charge >= 0.3 is 0 Å². The molecule has 0 saturated heterocycles. The topological polar surface area (TPSA) is 49.9 Å². The maximum Gasteiger partial charge on any atom is 0.255 e. The number of carbonyl (C=O) groups excluding carboxylic acids is 2. The van der Waals surface area contributed by atoms with Crippen LogP contribution in [0.4, 0.5) is 0 Å². The quantitative estimate of drug-likeness (QED) is 0.812. The van der Waals surface area contributed by atoms with Gasteiger partial charge in [0.05, 0.1) is 0 Å². The van der Waals surface area contributed by atoms with Gasteiger partial charge in [0, 0.05) is 28.2 Å². The van der Waals surface area contributed by atoms with Gasteiger partial charge in [0.25, 0.3) is 11.8 Å². The Kier molecular flexibility index (Phi) is 6.31. The van der Waals surface area contributed by atoms with Crippen LogP contribution in [-0.2, 0) is 14.3 Å². The number of rotatable bonds is 6. The van der Waals surface area contributed by atoms with E-state index in [1.54, 1.807) is 28.2 Å². The number of amides is 2. The van der Waals surface area contributed by atoms with Crippen molar-refractivity contribution in [1.29, 1.82) is 0 Å². The minimum Gasteiger partial charge on any atom is -0.346 e. The molecule has 0 saturated carbocycles. The van der Waals surface area contributed by atoms with Crippen LogP contribution in [-0.4, -0.2) is 49.8 Å². The van der Waals surface area contributed by atoms with Crippen LogP contribution in [0.2, 0.25) is 0 Å². The van der Waals surface area contributed by atoms with E-state index in [2.05, 4.69) is 0 Å². The summed E-state index contributed by atoms with van der Waals surface area (Å²) in [5, 5.41) is 0. The molecule has 0 aliphatic rings. The zero-order chi connectivity index (χ0) is 18.4. The van der Waals surface area contributed by atoms with Crippen molar-refractivity contribution in [2.24, 2.45) is 0 Å². The SMILES string of the molecule is CN(C)C(=O)C(OC(C(=O)N(C)C)c1ccccc1)c1ccccc1. The summed E-state index contributed by atoms with van der Waals surface area (Å²) in [5.74, 6) is -0.419. The minimum absolute atomic E-state index is 0.210. The number of ether oxygens (including phenoxy) is 1. The Morgan fingerprint density at radius 3 is 1.28 bits per heavy atom. The van der Waals surface area contributed by atoms with Crippen molar-refractivity contribution < 1.29 is 14.3 Å². The van der Waals surface area contributed by atoms with E-state index in [9.17, 15) is 9.59 Å². The molecule has 0 fully saturated rings. The number of hydrogen-bond acceptors (Lipinski definition) is 3. The van der Waals surface area contributed by atoms with Gasteiger partial charge in [0.15, 0.2) is 12.2 Å². The average Bonchev–Trinajstić information content (AvgIpc) is 2.63. The third-order valence-electron chi connectivity index (χ3n) is 3.81. The summed E-state index contributed by atoms with van der Waals surface area (Å²) in [5.41, 5.74) is 1.43. The number of likely N-dealkylation sites (N-methyl/N-ethyl adjacent to an activating group) is 2. The van der Waals surface area contributed by atoms with Gasteiger partial charge in [-0.05, 0) is 11.1 Å². The Morgan fingerprint density at radius 2 is 1.00 bits per heavy atom. The van der Waals surface area contributed by atoms with E-state index in [1.165, 1.54) is 9.80 Å². The van der Waals surface area contributed by atoms with Gasteiger partial charge < -0.3 is 14.5 Å². The van der Waals surface area contributed by atoms with Gasteiger partial charge in [-0.15, -0.1) is 0 Å². The van der Waals surface area contributed by atoms with Crippen LogP contribution in [0.3, 0.4) is 0 Å². The molecule has 132 valence electrons. The lowest BCUT2D eigenvalue weighted by atomic mass is 10.1. The van der Waals surface area contributed by atoms with Crippen LogP contribution in [0.25, 0.3) is 0 Å². The van der Waals surface area contributed by atoms with Gasteiger partial charge in [-0.2, -0.15) is 0 Å². The molecule has 0 heterocycles. The van der Waals surface area contributed by atoms with Gasteiger partial charge in [-0.3, -0.25) is 9.59 Å². The Bertz CT molecular complexity index is 638. The fourth-order valence-corrected chi connectivity index (χ4v) is 2.42. The number of benzene rings is 2. The van der Waals surface area contributed by atoms with Gasteiger partial charge in [0.1, 0.15) is 0 Å². The van der Waals surface area contributed by atoms with Crippen LogP contribution in [0.1, 0.15) is 23.3 Å². The molecular weight excluding hydrogens is 316 g/mol. The molecule has 2 aromatic rings. The second-order valence-corrected chi connectivity index (χ2v) is 6.18. The van der Waals surface area contributed by atoms with Crippen molar-refractivity contribution in [2.75, 3.05) is 28.2 Å². The molecule has 0 aliphatic carbocycles. The summed E-state index contributed by atoms with van der Waals surface area (Å²) in [6.07, 6.45) is -1.71. The summed E-state index contributed by atoms with van der Waals surface area (Å²) in [4.78, 5) is 28.3. The van der Waals surface area contributed by atoms with Crippen molar-refractivity contribution in [3.63, 3.8) is 0 Å². The lowest BCUT2D eigenvalue weighted by Crippen LogP contribution is -2.35. The zero-order valence-corrected chi connectivity index (χ0v) is 15.0. The predicted octanol–water partition coefficient (Wildman–Crippen LogP) is 2.66. The molecule has 0 radical (unpaired) electrons. The van der Waals surface area contributed by atoms with Crippen molar-refractivity contribution in [3.8, 4) is 0 Å². The second-order valence-electron chi connectivity index (χ2n) is 6.18. The molecule has 2 unspecified atom stereocenters. The summed E-state index contributed by atoms with van der Waals surface area (Å²) < 4.78 is 6.09. The van der Waals surface area contributed by atoms with Gasteiger partial charge in [-0.25, -0.2) is 0 Å². The fraction of sp³-hybridized carbons (Fsp3) is 0.300. The summed E-state index contributed by atoms with van der Waals surface area (Å²) >= 11 is 0. The van der Waals surface area contributed by atoms with E-state index in [0.717, 1.165) is 0 Å². The second kappa shape index (κ2) is 8.44. The van der Waals surface area contributed by atoms with E-state index in [4.69, 9.17) is 4.74 Å². The van der Waals surface area contributed by atoms with E-state index >= 15 is 0 Å². The van der Waals surface area contributed by atoms with Crippen LogP contribution in [0, 0.1) is 0 Å². The smallest absolute Gasteiger partial charge is 0.255 e. The van der Waals surface area contributed by atoms with E-state index in [0.29, 0.717) is 11.1 Å². The van der Waals surface area contributed by atoms with Gasteiger partial charge in [-0.1, -0.05) is 60.7 Å². The largest absolute Gasteiger partial charge is 0.346 e. The minimum atomic E-state index is -0.856. The highest BCUT2D eigenvalue weighted by molar-refractivity contribution is 5.84. The van der Waals surface area contributed by atoms with Crippen LogP contribution >= 0.6 is 0 Å². The highest BCUT2D eigenvalue weighted by Gasteiger charge is 2.31. The highest BCUT2D eigenvalue weighted by atomic mass is 16.5. The fourth-order valence-electron chi connectivity index (χ4n) is 2.42. The van der Waals surface area contributed by atoms with E-state index < -0.39 is 12.2 Å². The molecule has 2 amide bonds. The monoisotopic (exact) mass is 340 g/mol. The average molecular weight is 340 g/mol. The molecule has 0 N–H and O–H groups in total. The van der Waals surface area contributed by atoms with Gasteiger partial charge in [0.2, 0.25) is 0 Å². The zero-order valence-electron chi connectivity index (χ0n) is 15.0. The van der Waals surface area contributed by atoms with Crippen LogP contribution in [0.15, 0.2) is 60.7 Å². The molecule has 0 aliphatic heterocycles. The molecule has 2 atom stereocenters. The third-order valence-corrected chi connectivity index (χ3v) is 3.81. The summed E-state index contributed by atoms with van der Waals surface area (Å²) in [7, 11) is 6.69. The Hall–Kier alpha value is -2.66. The highest BCUT2D eigenvalue weighted by Crippen LogP contribution is 2.29. The van der Waals surface area contributed by atoms with Crippen molar-refractivity contribution in [2.45, 2.75) is 12.2 Å². The standard InChI is InChI=1S/C20H24N2O3/c1-21(2)19(23)17(15-11-7-5-8-12-15)25-18(20(24)22(3)4)16-13-9-6-10-14-16/h5-14,17-18H,1-4H3. The molecule has 5 heteroatoms. The third kappa shape index (κ3) is 4.67. The first-order valence-corrected chi connectivity index (χ1v) is 8.09. The molecule has 2 aromatic carbocycles. The first-order valence-electron chi connectivity index (χ1n) is 8.09. The van der Waals surface area contributed by atoms with Crippen LogP contribution in [0.5, 0.6) is 0 Å². The molecule has 5 nitrogen and oxygen atoms in total. The summed E-state index contributed by atoms with van der Waals surface area (Å²) in [6.45, 7) is 0. The Morgan fingerprint density at radius 1 is 0.680 bits per heavy atom. The number of carbonyl (C=O) groups is 2. The first-order chi connectivity index (χ1) is 11.9. The predicted molar refractivity (Wildman–Crippen MR) is 96.8 cm³/mol. The molecule has 0 bridgehead atoms. The lowest BCUT2D eigenvalue weighted by molar-refractivity contribution is -0.156. The first kappa shape index (κ1) is 18.7. The maximum atomic E-state index is 12.7. The molecular formula is C20H24N2O3. The van der Waals surface area contributed by atoms with Crippen molar-refractivity contribution in [1.82, 2.24) is 9.80 Å². The number of nitrogens with zero attached hydrogens (tertiary/aromatic N) is 2. The van der Waals surface area contributed by atoms with E-state index in [1.807, 2.05) is 60.7 Å².